The third-order valence-electron chi connectivity index (χ3n) is 4.90. The molecular weight excluding hydrogens is 246 g/mol. The van der Waals surface area contributed by atoms with E-state index >= 15 is 0 Å². The summed E-state index contributed by atoms with van der Waals surface area (Å²) < 4.78 is 0. The second-order valence-corrected chi connectivity index (χ2v) is 6.54. The number of hydrogen-bond donors (Lipinski definition) is 1. The van der Waals surface area contributed by atoms with Gasteiger partial charge in [-0.25, -0.2) is 0 Å². The lowest BCUT2D eigenvalue weighted by Crippen LogP contribution is -2.39. The summed E-state index contributed by atoms with van der Waals surface area (Å²) in [5.74, 6) is 0.841. The number of likely N-dealkylation sites (N-methyl/N-ethyl adjacent to an activating group) is 1. The van der Waals surface area contributed by atoms with Crippen molar-refractivity contribution in [1.29, 1.82) is 0 Å². The number of aryl methyl sites for hydroxylation is 1. The second-order valence-electron chi connectivity index (χ2n) is 6.54. The standard InChI is InChI=1S/C17H27N3/c1-19-9-3-4-15-10-13(5-8-16(15)19)12-20(2)17(11-18)14-6-7-14/h5,8,10,14,17H,3-4,6-7,9,11-12,18H2,1-2H3. The molecule has 2 aliphatic rings. The molecule has 1 heterocycles. The average molecular weight is 273 g/mol. The normalized spacial score (nSPS) is 20.1. The van der Waals surface area contributed by atoms with Crippen LogP contribution in [0.3, 0.4) is 0 Å². The number of hydrogen-bond acceptors (Lipinski definition) is 3. The Hall–Kier alpha value is -1.06. The predicted molar refractivity (Wildman–Crippen MR) is 85.1 cm³/mol. The molecule has 0 radical (unpaired) electrons. The summed E-state index contributed by atoms with van der Waals surface area (Å²) in [6.07, 6.45) is 5.22. The fraction of sp³-hybridized carbons (Fsp3) is 0.647. The monoisotopic (exact) mass is 273 g/mol. The quantitative estimate of drug-likeness (QED) is 0.893. The highest BCUT2D eigenvalue weighted by Crippen LogP contribution is 2.35. The van der Waals surface area contributed by atoms with Crippen LogP contribution in [-0.4, -0.2) is 38.1 Å². The van der Waals surface area contributed by atoms with Gasteiger partial charge in [0.15, 0.2) is 0 Å². The molecule has 1 aliphatic heterocycles. The molecule has 1 aromatic carbocycles. The summed E-state index contributed by atoms with van der Waals surface area (Å²) in [5, 5.41) is 0. The number of benzene rings is 1. The van der Waals surface area contributed by atoms with E-state index in [0.29, 0.717) is 6.04 Å². The Kier molecular flexibility index (Phi) is 3.99. The van der Waals surface area contributed by atoms with Crippen LogP contribution in [0, 0.1) is 5.92 Å². The van der Waals surface area contributed by atoms with E-state index in [0.717, 1.165) is 19.0 Å². The Bertz CT molecular complexity index is 467. The Balaban J connectivity index is 1.71. The fourth-order valence-corrected chi connectivity index (χ4v) is 3.56. The molecule has 3 heteroatoms. The minimum absolute atomic E-state index is 0.564. The summed E-state index contributed by atoms with van der Waals surface area (Å²) in [6.45, 7) is 2.99. The molecule has 0 amide bonds. The molecule has 1 aromatic rings. The molecular formula is C17H27N3. The van der Waals surface area contributed by atoms with Gasteiger partial charge >= 0.3 is 0 Å². The van der Waals surface area contributed by atoms with E-state index in [-0.39, 0.29) is 0 Å². The van der Waals surface area contributed by atoms with Crippen LogP contribution in [0.4, 0.5) is 5.69 Å². The summed E-state index contributed by atoms with van der Waals surface area (Å²) in [7, 11) is 4.42. The van der Waals surface area contributed by atoms with Crippen LogP contribution in [-0.2, 0) is 13.0 Å². The Morgan fingerprint density at radius 3 is 2.90 bits per heavy atom. The summed E-state index contributed by atoms with van der Waals surface area (Å²) in [5.41, 5.74) is 10.3. The molecule has 1 aliphatic carbocycles. The van der Waals surface area contributed by atoms with Crippen LogP contribution in [0.25, 0.3) is 0 Å². The highest BCUT2D eigenvalue weighted by molar-refractivity contribution is 5.56. The van der Waals surface area contributed by atoms with E-state index in [1.54, 1.807) is 0 Å². The third kappa shape index (κ3) is 2.84. The molecule has 0 spiro atoms. The number of rotatable bonds is 5. The highest BCUT2D eigenvalue weighted by atomic mass is 15.1. The van der Waals surface area contributed by atoms with Crippen molar-refractivity contribution in [2.24, 2.45) is 11.7 Å². The van der Waals surface area contributed by atoms with Crippen LogP contribution in [0.1, 0.15) is 30.4 Å². The molecule has 1 atom stereocenters. The second kappa shape index (κ2) is 5.74. The summed E-state index contributed by atoms with van der Waals surface area (Å²) in [4.78, 5) is 4.82. The first-order valence-electron chi connectivity index (χ1n) is 7.92. The van der Waals surface area contributed by atoms with Crippen LogP contribution >= 0.6 is 0 Å². The van der Waals surface area contributed by atoms with E-state index in [9.17, 15) is 0 Å². The van der Waals surface area contributed by atoms with Gasteiger partial charge in [-0.15, -0.1) is 0 Å². The molecule has 110 valence electrons. The van der Waals surface area contributed by atoms with Crippen molar-refractivity contribution in [3.63, 3.8) is 0 Å². The van der Waals surface area contributed by atoms with E-state index in [4.69, 9.17) is 5.73 Å². The molecule has 2 N–H and O–H groups in total. The van der Waals surface area contributed by atoms with E-state index < -0.39 is 0 Å². The van der Waals surface area contributed by atoms with Gasteiger partial charge in [0, 0.05) is 38.4 Å². The van der Waals surface area contributed by atoms with E-state index in [1.165, 1.54) is 49.0 Å². The molecule has 1 saturated carbocycles. The predicted octanol–water partition coefficient (Wildman–Crippen LogP) is 2.24. The number of fused-ring (bicyclic) bond motifs is 1. The minimum atomic E-state index is 0.564. The van der Waals surface area contributed by atoms with Gasteiger partial charge < -0.3 is 10.6 Å². The minimum Gasteiger partial charge on any atom is -0.374 e. The number of nitrogens with zero attached hydrogens (tertiary/aromatic N) is 2. The van der Waals surface area contributed by atoms with Crippen molar-refractivity contribution in [2.45, 2.75) is 38.3 Å². The van der Waals surface area contributed by atoms with Crippen molar-refractivity contribution in [3.05, 3.63) is 29.3 Å². The lowest BCUT2D eigenvalue weighted by Gasteiger charge is -2.30. The molecule has 1 unspecified atom stereocenters. The maximum atomic E-state index is 5.95. The van der Waals surface area contributed by atoms with Gasteiger partial charge in [-0.3, -0.25) is 4.90 Å². The Morgan fingerprint density at radius 1 is 1.40 bits per heavy atom. The first kappa shape index (κ1) is 13.9. The van der Waals surface area contributed by atoms with Gasteiger partial charge in [0.1, 0.15) is 0 Å². The zero-order chi connectivity index (χ0) is 14.1. The number of anilines is 1. The van der Waals surface area contributed by atoms with Crippen molar-refractivity contribution in [2.75, 3.05) is 32.1 Å². The van der Waals surface area contributed by atoms with Crippen molar-refractivity contribution in [3.8, 4) is 0 Å². The smallest absolute Gasteiger partial charge is 0.0396 e. The van der Waals surface area contributed by atoms with Gasteiger partial charge in [0.2, 0.25) is 0 Å². The first-order chi connectivity index (χ1) is 9.69. The largest absolute Gasteiger partial charge is 0.374 e. The molecule has 0 aromatic heterocycles. The fourth-order valence-electron chi connectivity index (χ4n) is 3.56. The van der Waals surface area contributed by atoms with E-state index in [2.05, 4.69) is 42.1 Å². The number of nitrogens with two attached hydrogens (primary N) is 1. The molecule has 1 fully saturated rings. The molecule has 3 rings (SSSR count). The Morgan fingerprint density at radius 2 is 2.20 bits per heavy atom. The van der Waals surface area contributed by atoms with Gasteiger partial charge in [0.25, 0.3) is 0 Å². The molecule has 0 saturated heterocycles. The third-order valence-corrected chi connectivity index (χ3v) is 4.90. The highest BCUT2D eigenvalue weighted by Gasteiger charge is 2.32. The molecule has 0 bridgehead atoms. The van der Waals surface area contributed by atoms with Gasteiger partial charge in [0.05, 0.1) is 0 Å². The van der Waals surface area contributed by atoms with Gasteiger partial charge in [-0.2, -0.15) is 0 Å². The summed E-state index contributed by atoms with van der Waals surface area (Å²) >= 11 is 0. The van der Waals surface area contributed by atoms with Crippen LogP contribution in [0.15, 0.2) is 18.2 Å². The average Bonchev–Trinajstić information content (AvgIpc) is 3.24. The van der Waals surface area contributed by atoms with Crippen LogP contribution in [0.5, 0.6) is 0 Å². The SMILES string of the molecule is CN1CCCc2cc(CN(C)C(CN)C3CC3)ccc21. The zero-order valence-electron chi connectivity index (χ0n) is 12.8. The van der Waals surface area contributed by atoms with Gasteiger partial charge in [-0.05, 0) is 55.8 Å². The van der Waals surface area contributed by atoms with Crippen LogP contribution in [0.2, 0.25) is 0 Å². The Labute approximate surface area is 122 Å². The maximum absolute atomic E-state index is 5.95. The summed E-state index contributed by atoms with van der Waals surface area (Å²) in [6, 6.07) is 7.56. The lowest BCUT2D eigenvalue weighted by molar-refractivity contribution is 0.215. The first-order valence-corrected chi connectivity index (χ1v) is 7.92. The van der Waals surface area contributed by atoms with Gasteiger partial charge in [-0.1, -0.05) is 12.1 Å². The topological polar surface area (TPSA) is 32.5 Å². The zero-order valence-corrected chi connectivity index (χ0v) is 12.8. The van der Waals surface area contributed by atoms with Crippen molar-refractivity contribution < 1.29 is 0 Å². The van der Waals surface area contributed by atoms with E-state index in [1.807, 2.05) is 0 Å². The van der Waals surface area contributed by atoms with Crippen LogP contribution < -0.4 is 10.6 Å². The molecule has 20 heavy (non-hydrogen) atoms. The maximum Gasteiger partial charge on any atom is 0.0396 e. The molecule has 3 nitrogen and oxygen atoms in total. The lowest BCUT2D eigenvalue weighted by atomic mass is 9.99. The van der Waals surface area contributed by atoms with Crippen molar-refractivity contribution in [1.82, 2.24) is 4.90 Å². The van der Waals surface area contributed by atoms with Crippen molar-refractivity contribution >= 4 is 5.69 Å².